The maximum Gasteiger partial charge on any atom is 0.257 e. The Morgan fingerprint density at radius 3 is 2.53 bits per heavy atom. The first-order chi connectivity index (χ1) is 15.5. The number of β-amino-alcohol motifs (C(OH)–C–C–N with tert-alkyl or cyclic N) is 1. The Hall–Kier alpha value is -3.07. The molecule has 2 N–H and O–H groups in total. The van der Waals surface area contributed by atoms with Crippen molar-refractivity contribution in [3.05, 3.63) is 72.1 Å². The fraction of sp³-hybridized carbons (Fsp3) is 0.375. The summed E-state index contributed by atoms with van der Waals surface area (Å²) < 4.78 is 5.41. The summed E-state index contributed by atoms with van der Waals surface area (Å²) in [5.74, 6) is 0.935. The molecule has 2 heterocycles. The normalized spacial score (nSPS) is 21.6. The van der Waals surface area contributed by atoms with Crippen molar-refractivity contribution in [3.8, 4) is 11.5 Å². The molecule has 1 aliphatic rings. The highest BCUT2D eigenvalue weighted by molar-refractivity contribution is 5.79. The number of aromatic nitrogens is 2. The van der Waals surface area contributed by atoms with Crippen LogP contribution >= 0.6 is 0 Å². The third-order valence-electron chi connectivity index (χ3n) is 5.79. The zero-order valence-corrected chi connectivity index (χ0v) is 18.4. The highest BCUT2D eigenvalue weighted by Gasteiger charge is 2.45. The van der Waals surface area contributed by atoms with Crippen molar-refractivity contribution >= 4 is 5.91 Å². The van der Waals surface area contributed by atoms with Crippen molar-refractivity contribution in [3.63, 3.8) is 0 Å². The van der Waals surface area contributed by atoms with Gasteiger partial charge in [-0.15, -0.1) is 0 Å². The van der Waals surface area contributed by atoms with E-state index < -0.39 is 11.6 Å². The van der Waals surface area contributed by atoms with E-state index in [9.17, 15) is 9.90 Å². The fourth-order valence-electron chi connectivity index (χ4n) is 4.22. The summed E-state index contributed by atoms with van der Waals surface area (Å²) in [5.41, 5.74) is 0.943. The Labute approximate surface area is 187 Å². The maximum atomic E-state index is 12.6. The predicted molar refractivity (Wildman–Crippen MR) is 120 cm³/mol. The van der Waals surface area contributed by atoms with Gasteiger partial charge in [-0.2, -0.15) is 4.98 Å². The van der Waals surface area contributed by atoms with E-state index in [-0.39, 0.29) is 12.5 Å². The molecule has 1 fully saturated rings. The summed E-state index contributed by atoms with van der Waals surface area (Å²) in [5, 5.41) is 18.5. The highest BCUT2D eigenvalue weighted by atomic mass is 16.5. The van der Waals surface area contributed by atoms with Crippen molar-refractivity contribution in [2.24, 2.45) is 0 Å². The first kappa shape index (κ1) is 22.1. The number of likely N-dealkylation sites (tertiary alicyclic amines) is 1. The molecule has 2 aromatic carbocycles. The number of nitrogens with one attached hydrogen (secondary N) is 1. The topological polar surface area (TPSA) is 94.7 Å². The first-order valence-electron chi connectivity index (χ1n) is 10.8. The van der Waals surface area contributed by atoms with Crippen molar-refractivity contribution in [1.29, 1.82) is 0 Å². The Morgan fingerprint density at radius 2 is 1.88 bits per heavy atom. The van der Waals surface area contributed by atoms with Gasteiger partial charge in [-0.3, -0.25) is 9.69 Å². The molecule has 3 aromatic rings. The minimum atomic E-state index is -0.836. The van der Waals surface area contributed by atoms with Gasteiger partial charge in [-0.1, -0.05) is 53.7 Å². The SMILES string of the molecule is CN(C)CC(=O)N[C@@]1(c2ccccc2)CCN(Cc2noc(-c3ccccc3)n2)C[C@H]1O. The number of nitrogens with zero attached hydrogens (tertiary/aromatic N) is 4. The van der Waals surface area contributed by atoms with Crippen molar-refractivity contribution in [1.82, 2.24) is 25.3 Å². The summed E-state index contributed by atoms with van der Waals surface area (Å²) in [7, 11) is 3.70. The summed E-state index contributed by atoms with van der Waals surface area (Å²) in [6, 6.07) is 19.3. The van der Waals surface area contributed by atoms with Gasteiger partial charge in [0, 0.05) is 18.7 Å². The number of likely N-dealkylation sites (N-methyl/N-ethyl adjacent to an activating group) is 1. The van der Waals surface area contributed by atoms with Crippen LogP contribution in [0.4, 0.5) is 0 Å². The molecule has 168 valence electrons. The van der Waals surface area contributed by atoms with E-state index in [0.717, 1.165) is 11.1 Å². The molecule has 0 spiro atoms. The van der Waals surface area contributed by atoms with Crippen molar-refractivity contribution < 1.29 is 14.4 Å². The molecule has 0 aliphatic carbocycles. The molecule has 1 saturated heterocycles. The van der Waals surface area contributed by atoms with Crippen molar-refractivity contribution in [2.45, 2.75) is 24.6 Å². The van der Waals surface area contributed by atoms with Crippen LogP contribution in [0.2, 0.25) is 0 Å². The van der Waals surface area contributed by atoms with Crippen LogP contribution in [-0.2, 0) is 16.9 Å². The van der Waals surface area contributed by atoms with E-state index in [2.05, 4.69) is 20.4 Å². The van der Waals surface area contributed by atoms with Gasteiger partial charge < -0.3 is 19.8 Å². The number of hydrogen-bond acceptors (Lipinski definition) is 7. The third kappa shape index (κ3) is 4.88. The number of rotatable bonds is 7. The molecule has 8 heteroatoms. The lowest BCUT2D eigenvalue weighted by molar-refractivity contribution is -0.127. The van der Waals surface area contributed by atoms with Crippen LogP contribution in [-0.4, -0.2) is 70.8 Å². The molecule has 4 rings (SSSR count). The molecule has 1 amide bonds. The number of aliphatic hydroxyl groups excluding tert-OH is 1. The van der Waals surface area contributed by atoms with Gasteiger partial charge in [0.2, 0.25) is 5.91 Å². The summed E-state index contributed by atoms with van der Waals surface area (Å²) >= 11 is 0. The monoisotopic (exact) mass is 435 g/mol. The van der Waals surface area contributed by atoms with Crippen LogP contribution in [0.15, 0.2) is 65.2 Å². The van der Waals surface area contributed by atoms with Gasteiger partial charge in [0.15, 0.2) is 5.82 Å². The minimum Gasteiger partial charge on any atom is -0.389 e. The third-order valence-corrected chi connectivity index (χ3v) is 5.79. The van der Waals surface area contributed by atoms with E-state index in [1.54, 1.807) is 0 Å². The highest BCUT2D eigenvalue weighted by Crippen LogP contribution is 2.34. The van der Waals surface area contributed by atoms with Gasteiger partial charge in [-0.25, -0.2) is 0 Å². The van der Waals surface area contributed by atoms with Crippen LogP contribution in [0.3, 0.4) is 0 Å². The van der Waals surface area contributed by atoms with Crippen LogP contribution in [0.1, 0.15) is 17.8 Å². The summed E-state index contributed by atoms with van der Waals surface area (Å²) in [6.07, 6.45) is -0.217. The second-order valence-corrected chi connectivity index (χ2v) is 8.51. The minimum absolute atomic E-state index is 0.114. The lowest BCUT2D eigenvalue weighted by Gasteiger charge is -2.46. The van der Waals surface area contributed by atoms with Crippen LogP contribution < -0.4 is 5.32 Å². The summed E-state index contributed by atoms with van der Waals surface area (Å²) in [4.78, 5) is 21.0. The van der Waals surface area contributed by atoms with Crippen molar-refractivity contribution in [2.75, 3.05) is 33.7 Å². The molecular weight excluding hydrogens is 406 g/mol. The molecule has 32 heavy (non-hydrogen) atoms. The number of aliphatic hydroxyl groups is 1. The average Bonchev–Trinajstić information content (AvgIpc) is 3.25. The molecule has 2 atom stereocenters. The number of benzene rings is 2. The second-order valence-electron chi connectivity index (χ2n) is 8.51. The number of carbonyl (C=O) groups excluding carboxylic acids is 1. The number of hydrogen-bond donors (Lipinski definition) is 2. The molecule has 0 radical (unpaired) electrons. The molecule has 8 nitrogen and oxygen atoms in total. The smallest absolute Gasteiger partial charge is 0.257 e. The van der Waals surface area contributed by atoms with E-state index in [0.29, 0.717) is 37.8 Å². The fourth-order valence-corrected chi connectivity index (χ4v) is 4.22. The molecular formula is C24H29N5O3. The van der Waals surface area contributed by atoms with Gasteiger partial charge in [0.25, 0.3) is 5.89 Å². The lowest BCUT2D eigenvalue weighted by atomic mass is 9.78. The zero-order valence-electron chi connectivity index (χ0n) is 18.4. The zero-order chi connectivity index (χ0) is 22.6. The Morgan fingerprint density at radius 1 is 1.19 bits per heavy atom. The van der Waals surface area contributed by atoms with Gasteiger partial charge in [0.1, 0.15) is 0 Å². The number of amides is 1. The van der Waals surface area contributed by atoms with Crippen LogP contribution in [0.25, 0.3) is 11.5 Å². The molecule has 0 unspecified atom stereocenters. The van der Waals surface area contributed by atoms with E-state index in [4.69, 9.17) is 4.52 Å². The molecule has 0 bridgehead atoms. The predicted octanol–water partition coefficient (Wildman–Crippen LogP) is 1.88. The molecule has 1 aliphatic heterocycles. The average molecular weight is 436 g/mol. The second kappa shape index (κ2) is 9.60. The Bertz CT molecular complexity index is 1020. The quantitative estimate of drug-likeness (QED) is 0.585. The Balaban J connectivity index is 1.48. The van der Waals surface area contributed by atoms with E-state index >= 15 is 0 Å². The largest absolute Gasteiger partial charge is 0.389 e. The maximum absolute atomic E-state index is 12.6. The van der Waals surface area contributed by atoms with E-state index in [1.165, 1.54) is 0 Å². The standard InChI is InChI=1S/C24H29N5O3/c1-28(2)17-22(31)26-24(19-11-7-4-8-12-19)13-14-29(15-20(24)30)16-21-25-23(32-27-21)18-9-5-3-6-10-18/h3-12,20,30H,13-17H2,1-2H3,(H,26,31)/t20-,24-/m1/s1. The van der Waals surface area contributed by atoms with Gasteiger partial charge >= 0.3 is 0 Å². The van der Waals surface area contributed by atoms with Crippen LogP contribution in [0.5, 0.6) is 0 Å². The van der Waals surface area contributed by atoms with Crippen LogP contribution in [0, 0.1) is 0 Å². The lowest BCUT2D eigenvalue weighted by Crippen LogP contribution is -2.62. The molecule has 0 saturated carbocycles. The van der Waals surface area contributed by atoms with Gasteiger partial charge in [0.05, 0.1) is 24.7 Å². The summed E-state index contributed by atoms with van der Waals surface area (Å²) in [6.45, 7) is 1.77. The van der Waals surface area contributed by atoms with E-state index in [1.807, 2.05) is 79.7 Å². The Kier molecular flexibility index (Phi) is 6.64. The van der Waals surface area contributed by atoms with Gasteiger partial charge in [-0.05, 0) is 38.2 Å². The number of piperidine rings is 1. The number of carbonyl (C=O) groups is 1. The molecule has 1 aromatic heterocycles. The first-order valence-corrected chi connectivity index (χ1v) is 10.8.